The Morgan fingerprint density at radius 1 is 1.06 bits per heavy atom. The summed E-state index contributed by atoms with van der Waals surface area (Å²) in [5.41, 5.74) is 0.732. The normalized spacial score (nSPS) is 13.6. The van der Waals surface area contributed by atoms with E-state index in [-0.39, 0.29) is 24.6 Å². The summed E-state index contributed by atoms with van der Waals surface area (Å²) in [4.78, 5) is 25.1. The van der Waals surface area contributed by atoms with Crippen LogP contribution in [0, 0.1) is 5.92 Å². The van der Waals surface area contributed by atoms with Gasteiger partial charge in [-0.2, -0.15) is 8.78 Å². The molecule has 0 saturated heterocycles. The van der Waals surface area contributed by atoms with E-state index in [1.807, 2.05) is 0 Å². The average molecular weight is 446 g/mol. The number of aliphatic hydroxyl groups excluding tert-OH is 1. The first-order chi connectivity index (χ1) is 15.4. The van der Waals surface area contributed by atoms with Crippen molar-refractivity contribution in [2.24, 2.45) is 5.92 Å². The Labute approximate surface area is 184 Å². The van der Waals surface area contributed by atoms with E-state index in [0.717, 1.165) is 0 Å². The Kier molecular flexibility index (Phi) is 8.15. The number of alkyl halides is 2. The molecule has 1 fully saturated rings. The van der Waals surface area contributed by atoms with Gasteiger partial charge in [0.15, 0.2) is 0 Å². The second-order valence-electron chi connectivity index (χ2n) is 7.22. The molecular formula is C23H24F2N2O5. The first kappa shape index (κ1) is 23.2. The van der Waals surface area contributed by atoms with Gasteiger partial charge >= 0.3 is 6.61 Å². The number of amides is 2. The summed E-state index contributed by atoms with van der Waals surface area (Å²) in [7, 11) is 0. The summed E-state index contributed by atoms with van der Waals surface area (Å²) in [5.74, 6) is 0.123. The van der Waals surface area contributed by atoms with E-state index < -0.39 is 18.4 Å². The van der Waals surface area contributed by atoms with Gasteiger partial charge in [0, 0.05) is 12.1 Å². The Hall–Kier alpha value is -3.46. The summed E-state index contributed by atoms with van der Waals surface area (Å²) in [5, 5.41) is 14.0. The van der Waals surface area contributed by atoms with E-state index in [2.05, 4.69) is 15.4 Å². The number of aliphatic hydroxyl groups is 1. The molecule has 9 heteroatoms. The standard InChI is InChI=1S/C23H24F2N2O5/c24-23(25)32-19-7-3-15(4-8-19)13-20(22(30)26-11-12-28)27-21(29)17-5-9-18(10-6-17)31-14-16-1-2-16/h3-10,13,16,23,28H,1-2,11-12,14H2,(H,26,30)(H,27,29)/b20-13-. The number of hydrogen-bond donors (Lipinski definition) is 3. The smallest absolute Gasteiger partial charge is 0.387 e. The predicted octanol–water partition coefficient (Wildman–Crippen LogP) is 2.96. The fourth-order valence-electron chi connectivity index (χ4n) is 2.73. The van der Waals surface area contributed by atoms with Crippen molar-refractivity contribution in [1.82, 2.24) is 10.6 Å². The van der Waals surface area contributed by atoms with Gasteiger partial charge in [0.25, 0.3) is 11.8 Å². The molecule has 0 atom stereocenters. The Bertz CT molecular complexity index is 942. The fraction of sp³-hybridized carbons (Fsp3) is 0.304. The molecule has 32 heavy (non-hydrogen) atoms. The van der Waals surface area contributed by atoms with E-state index in [9.17, 15) is 18.4 Å². The lowest BCUT2D eigenvalue weighted by molar-refractivity contribution is -0.117. The SMILES string of the molecule is O=C(NCCO)/C(=C/c1ccc(OC(F)F)cc1)NC(=O)c1ccc(OCC2CC2)cc1. The van der Waals surface area contributed by atoms with Crippen molar-refractivity contribution in [2.45, 2.75) is 19.5 Å². The highest BCUT2D eigenvalue weighted by Crippen LogP contribution is 2.29. The van der Waals surface area contributed by atoms with Crippen LogP contribution in [0.25, 0.3) is 6.08 Å². The van der Waals surface area contributed by atoms with Gasteiger partial charge in [0.2, 0.25) is 0 Å². The van der Waals surface area contributed by atoms with Crippen LogP contribution in [0.1, 0.15) is 28.8 Å². The maximum atomic E-state index is 12.7. The minimum atomic E-state index is -2.94. The second-order valence-corrected chi connectivity index (χ2v) is 7.22. The summed E-state index contributed by atoms with van der Waals surface area (Å²) in [6.07, 6.45) is 3.75. The van der Waals surface area contributed by atoms with Crippen LogP contribution in [0.3, 0.4) is 0 Å². The number of rotatable bonds is 11. The molecule has 1 aliphatic carbocycles. The number of carbonyl (C=O) groups is 2. The van der Waals surface area contributed by atoms with Gasteiger partial charge in [-0.15, -0.1) is 0 Å². The summed E-state index contributed by atoms with van der Waals surface area (Å²) in [6.45, 7) is -2.55. The van der Waals surface area contributed by atoms with Gasteiger partial charge in [0.1, 0.15) is 17.2 Å². The summed E-state index contributed by atoms with van der Waals surface area (Å²) < 4.78 is 34.6. The third kappa shape index (κ3) is 7.35. The van der Waals surface area contributed by atoms with Crippen LogP contribution in [0.2, 0.25) is 0 Å². The highest BCUT2D eigenvalue weighted by atomic mass is 19.3. The molecule has 2 aromatic rings. The van der Waals surface area contributed by atoms with Crippen molar-refractivity contribution in [3.63, 3.8) is 0 Å². The minimum Gasteiger partial charge on any atom is -0.493 e. The number of hydrogen-bond acceptors (Lipinski definition) is 5. The van der Waals surface area contributed by atoms with Gasteiger partial charge < -0.3 is 25.2 Å². The highest BCUT2D eigenvalue weighted by Gasteiger charge is 2.22. The first-order valence-electron chi connectivity index (χ1n) is 10.1. The first-order valence-corrected chi connectivity index (χ1v) is 10.1. The third-order valence-corrected chi connectivity index (χ3v) is 4.61. The molecule has 2 aromatic carbocycles. The molecule has 170 valence electrons. The third-order valence-electron chi connectivity index (χ3n) is 4.61. The lowest BCUT2D eigenvalue weighted by atomic mass is 10.1. The number of nitrogens with one attached hydrogen (secondary N) is 2. The zero-order valence-corrected chi connectivity index (χ0v) is 17.2. The molecule has 0 heterocycles. The van der Waals surface area contributed by atoms with Crippen molar-refractivity contribution in [2.75, 3.05) is 19.8 Å². The molecule has 0 unspecified atom stereocenters. The van der Waals surface area contributed by atoms with Gasteiger partial charge in [-0.3, -0.25) is 9.59 Å². The van der Waals surface area contributed by atoms with Gasteiger partial charge in [0.05, 0.1) is 13.2 Å². The fourth-order valence-corrected chi connectivity index (χ4v) is 2.73. The van der Waals surface area contributed by atoms with Crippen molar-refractivity contribution in [3.05, 3.63) is 65.4 Å². The van der Waals surface area contributed by atoms with Crippen molar-refractivity contribution in [3.8, 4) is 11.5 Å². The van der Waals surface area contributed by atoms with Crippen LogP contribution in [-0.2, 0) is 4.79 Å². The monoisotopic (exact) mass is 446 g/mol. The topological polar surface area (TPSA) is 96.9 Å². The second kappa shape index (κ2) is 11.2. The molecule has 3 rings (SSSR count). The molecular weight excluding hydrogens is 422 g/mol. The van der Waals surface area contributed by atoms with E-state index in [1.54, 1.807) is 24.3 Å². The molecule has 0 aromatic heterocycles. The molecule has 3 N–H and O–H groups in total. The molecule has 0 bridgehead atoms. The number of carbonyl (C=O) groups excluding carboxylic acids is 2. The number of benzene rings is 2. The van der Waals surface area contributed by atoms with Crippen molar-refractivity contribution in [1.29, 1.82) is 0 Å². The van der Waals surface area contributed by atoms with E-state index in [4.69, 9.17) is 9.84 Å². The zero-order chi connectivity index (χ0) is 22.9. The van der Waals surface area contributed by atoms with Crippen molar-refractivity contribution < 1.29 is 33.0 Å². The van der Waals surface area contributed by atoms with E-state index in [1.165, 1.54) is 43.2 Å². The maximum Gasteiger partial charge on any atom is 0.387 e. The summed E-state index contributed by atoms with van der Waals surface area (Å²) >= 11 is 0. The van der Waals surface area contributed by atoms with Crippen LogP contribution >= 0.6 is 0 Å². The van der Waals surface area contributed by atoms with Gasteiger partial charge in [-0.05, 0) is 66.8 Å². The van der Waals surface area contributed by atoms with Crippen LogP contribution < -0.4 is 20.1 Å². The van der Waals surface area contributed by atoms with E-state index in [0.29, 0.717) is 29.4 Å². The van der Waals surface area contributed by atoms with Crippen LogP contribution in [0.4, 0.5) is 8.78 Å². The highest BCUT2D eigenvalue weighted by molar-refractivity contribution is 6.05. The van der Waals surface area contributed by atoms with Gasteiger partial charge in [-0.1, -0.05) is 12.1 Å². The minimum absolute atomic E-state index is 0.000238. The molecule has 0 spiro atoms. The van der Waals surface area contributed by atoms with Crippen LogP contribution in [0.5, 0.6) is 11.5 Å². The lowest BCUT2D eigenvalue weighted by Crippen LogP contribution is -2.36. The Morgan fingerprint density at radius 2 is 1.72 bits per heavy atom. The average Bonchev–Trinajstić information content (AvgIpc) is 3.61. The zero-order valence-electron chi connectivity index (χ0n) is 17.2. The Balaban J connectivity index is 1.70. The predicted molar refractivity (Wildman–Crippen MR) is 113 cm³/mol. The van der Waals surface area contributed by atoms with Crippen LogP contribution in [0.15, 0.2) is 54.2 Å². The Morgan fingerprint density at radius 3 is 2.31 bits per heavy atom. The van der Waals surface area contributed by atoms with Gasteiger partial charge in [-0.25, -0.2) is 0 Å². The van der Waals surface area contributed by atoms with E-state index >= 15 is 0 Å². The maximum absolute atomic E-state index is 12.7. The number of halogens is 2. The molecule has 2 amide bonds. The molecule has 7 nitrogen and oxygen atoms in total. The molecule has 1 saturated carbocycles. The van der Waals surface area contributed by atoms with Crippen LogP contribution in [-0.4, -0.2) is 43.3 Å². The number of ether oxygens (including phenoxy) is 2. The quantitative estimate of drug-likeness (QED) is 0.461. The largest absolute Gasteiger partial charge is 0.493 e. The molecule has 0 aliphatic heterocycles. The lowest BCUT2D eigenvalue weighted by Gasteiger charge is -2.11. The molecule has 0 radical (unpaired) electrons. The van der Waals surface area contributed by atoms with Crippen molar-refractivity contribution >= 4 is 17.9 Å². The molecule has 1 aliphatic rings. The summed E-state index contributed by atoms with van der Waals surface area (Å²) in [6, 6.07) is 12.1.